The molecule has 1 aromatic heterocycles. The van der Waals surface area contributed by atoms with Crippen molar-refractivity contribution in [2.24, 2.45) is 0 Å². The summed E-state index contributed by atoms with van der Waals surface area (Å²) in [7, 11) is 1.29. The van der Waals surface area contributed by atoms with E-state index in [4.69, 9.17) is 10.5 Å². The Morgan fingerprint density at radius 1 is 1.43 bits per heavy atom. The summed E-state index contributed by atoms with van der Waals surface area (Å²) in [6, 6.07) is 6.15. The molecule has 1 aromatic carbocycles. The second-order valence-electron chi connectivity index (χ2n) is 4.76. The summed E-state index contributed by atoms with van der Waals surface area (Å²) in [6.07, 6.45) is 2.27. The number of rotatable bonds is 2. The van der Waals surface area contributed by atoms with Gasteiger partial charge in [-0.2, -0.15) is 0 Å². The minimum absolute atomic E-state index is 0.237. The number of carbonyl (C=O) groups is 1. The number of esters is 1. The van der Waals surface area contributed by atoms with Crippen LogP contribution in [0.1, 0.15) is 15.9 Å². The maximum atomic E-state index is 13.5. The van der Waals surface area contributed by atoms with Gasteiger partial charge >= 0.3 is 5.97 Å². The fourth-order valence-electron chi connectivity index (χ4n) is 2.54. The molecule has 0 bridgehead atoms. The van der Waals surface area contributed by atoms with E-state index in [2.05, 4.69) is 4.98 Å². The van der Waals surface area contributed by atoms with Gasteiger partial charge in [-0.15, -0.1) is 0 Å². The Bertz CT molecular complexity index is 718. The molecule has 2 N–H and O–H groups in total. The third kappa shape index (κ3) is 2.18. The normalized spacial score (nSPS) is 13.1. The molecule has 1 aliphatic rings. The molecule has 2 aromatic rings. The first-order valence-electron chi connectivity index (χ1n) is 6.50. The van der Waals surface area contributed by atoms with Gasteiger partial charge in [-0.05, 0) is 30.2 Å². The van der Waals surface area contributed by atoms with Crippen molar-refractivity contribution in [2.45, 2.75) is 6.42 Å². The number of nitrogens with two attached hydrogens (primary N) is 1. The summed E-state index contributed by atoms with van der Waals surface area (Å²) >= 11 is 0. The van der Waals surface area contributed by atoms with Gasteiger partial charge in [0.05, 0.1) is 18.4 Å². The highest BCUT2D eigenvalue weighted by molar-refractivity contribution is 5.98. The Morgan fingerprint density at radius 3 is 3.00 bits per heavy atom. The Kier molecular flexibility index (Phi) is 3.21. The molecular weight excluding hydrogens is 273 g/mol. The molecule has 0 amide bonds. The van der Waals surface area contributed by atoms with E-state index in [-0.39, 0.29) is 17.1 Å². The van der Waals surface area contributed by atoms with Crippen LogP contribution in [0.15, 0.2) is 30.5 Å². The number of nitrogens with zero attached hydrogens (tertiary/aromatic N) is 2. The fraction of sp³-hybridized carbons (Fsp3) is 0.200. The number of anilines is 3. The summed E-state index contributed by atoms with van der Waals surface area (Å²) in [5.74, 6) is -0.389. The number of halogens is 1. The molecule has 1 aliphatic heterocycles. The Balaban J connectivity index is 2.08. The zero-order chi connectivity index (χ0) is 15.0. The average Bonchev–Trinajstić information content (AvgIpc) is 2.89. The van der Waals surface area contributed by atoms with Gasteiger partial charge in [-0.1, -0.05) is 6.07 Å². The van der Waals surface area contributed by atoms with Crippen LogP contribution in [-0.4, -0.2) is 24.6 Å². The molecule has 0 unspecified atom stereocenters. The van der Waals surface area contributed by atoms with E-state index in [0.717, 1.165) is 17.7 Å². The molecule has 2 heterocycles. The van der Waals surface area contributed by atoms with E-state index < -0.39 is 5.97 Å². The highest BCUT2D eigenvalue weighted by Gasteiger charge is 2.25. The number of benzene rings is 1. The van der Waals surface area contributed by atoms with Crippen LogP contribution in [0.2, 0.25) is 0 Å². The number of carbonyl (C=O) groups excluding carboxylic acids is 1. The van der Waals surface area contributed by atoms with Crippen molar-refractivity contribution >= 4 is 23.2 Å². The van der Waals surface area contributed by atoms with Crippen molar-refractivity contribution in [3.05, 3.63) is 47.4 Å². The SMILES string of the molecule is COC(=O)c1ccnc(N2CCc3ccc(F)cc32)c1N. The zero-order valence-corrected chi connectivity index (χ0v) is 11.5. The van der Waals surface area contributed by atoms with Crippen LogP contribution in [0.4, 0.5) is 21.6 Å². The number of methoxy groups -OCH3 is 1. The topological polar surface area (TPSA) is 68.5 Å². The molecule has 0 saturated carbocycles. The van der Waals surface area contributed by atoms with Gasteiger partial charge in [-0.3, -0.25) is 0 Å². The molecule has 6 heteroatoms. The van der Waals surface area contributed by atoms with Crippen molar-refractivity contribution in [1.29, 1.82) is 0 Å². The summed E-state index contributed by atoms with van der Waals surface area (Å²) in [4.78, 5) is 17.7. The van der Waals surface area contributed by atoms with Crippen LogP contribution >= 0.6 is 0 Å². The number of hydrogen-bond acceptors (Lipinski definition) is 5. The molecule has 21 heavy (non-hydrogen) atoms. The van der Waals surface area contributed by atoms with Crippen molar-refractivity contribution in [3.63, 3.8) is 0 Å². The van der Waals surface area contributed by atoms with Crippen LogP contribution in [0.5, 0.6) is 0 Å². The van der Waals surface area contributed by atoms with Crippen LogP contribution in [0.25, 0.3) is 0 Å². The van der Waals surface area contributed by atoms with E-state index in [0.29, 0.717) is 12.4 Å². The molecule has 0 spiro atoms. The number of aromatic nitrogens is 1. The molecule has 0 radical (unpaired) electrons. The first-order valence-corrected chi connectivity index (χ1v) is 6.50. The van der Waals surface area contributed by atoms with E-state index in [1.807, 2.05) is 4.90 Å². The number of ether oxygens (including phenoxy) is 1. The highest BCUT2D eigenvalue weighted by Crippen LogP contribution is 2.37. The number of nitrogen functional groups attached to an aromatic ring is 1. The van der Waals surface area contributed by atoms with Crippen LogP contribution < -0.4 is 10.6 Å². The maximum absolute atomic E-state index is 13.5. The van der Waals surface area contributed by atoms with E-state index in [1.165, 1.54) is 31.5 Å². The number of fused-ring (bicyclic) bond motifs is 1. The Hall–Kier alpha value is -2.63. The van der Waals surface area contributed by atoms with Gasteiger partial charge in [0.25, 0.3) is 0 Å². The first-order chi connectivity index (χ1) is 10.1. The quantitative estimate of drug-likeness (QED) is 0.858. The third-order valence-corrected chi connectivity index (χ3v) is 3.57. The predicted octanol–water partition coefficient (Wildman–Crippen LogP) is 2.28. The molecule has 108 valence electrons. The third-order valence-electron chi connectivity index (χ3n) is 3.57. The molecular formula is C15H14FN3O2. The Morgan fingerprint density at radius 2 is 2.24 bits per heavy atom. The number of hydrogen-bond donors (Lipinski definition) is 1. The van der Waals surface area contributed by atoms with Crippen molar-refractivity contribution in [1.82, 2.24) is 4.98 Å². The zero-order valence-electron chi connectivity index (χ0n) is 11.5. The molecule has 0 atom stereocenters. The van der Waals surface area contributed by atoms with E-state index in [9.17, 15) is 9.18 Å². The first kappa shape index (κ1) is 13.4. The second-order valence-corrected chi connectivity index (χ2v) is 4.76. The van der Waals surface area contributed by atoms with Gasteiger partial charge in [0.15, 0.2) is 5.82 Å². The monoisotopic (exact) mass is 287 g/mol. The van der Waals surface area contributed by atoms with Crippen LogP contribution in [-0.2, 0) is 11.2 Å². The lowest BCUT2D eigenvalue weighted by atomic mass is 10.1. The van der Waals surface area contributed by atoms with Gasteiger partial charge in [0, 0.05) is 18.4 Å². The van der Waals surface area contributed by atoms with Gasteiger partial charge in [0.2, 0.25) is 0 Å². The minimum Gasteiger partial charge on any atom is -0.465 e. The molecule has 0 aliphatic carbocycles. The molecule has 0 fully saturated rings. The molecule has 5 nitrogen and oxygen atoms in total. The van der Waals surface area contributed by atoms with Gasteiger partial charge in [-0.25, -0.2) is 14.2 Å². The van der Waals surface area contributed by atoms with Crippen molar-refractivity contribution < 1.29 is 13.9 Å². The smallest absolute Gasteiger partial charge is 0.340 e. The summed E-state index contributed by atoms with van der Waals surface area (Å²) in [5, 5.41) is 0. The van der Waals surface area contributed by atoms with Crippen LogP contribution in [0.3, 0.4) is 0 Å². The molecule has 3 rings (SSSR count). The van der Waals surface area contributed by atoms with Gasteiger partial charge in [0.1, 0.15) is 5.82 Å². The van der Waals surface area contributed by atoms with Crippen LogP contribution in [0, 0.1) is 5.82 Å². The summed E-state index contributed by atoms with van der Waals surface area (Å²) in [6.45, 7) is 0.639. The summed E-state index contributed by atoms with van der Waals surface area (Å²) < 4.78 is 18.2. The van der Waals surface area contributed by atoms with E-state index >= 15 is 0 Å². The highest BCUT2D eigenvalue weighted by atomic mass is 19.1. The standard InChI is InChI=1S/C15H14FN3O2/c1-21-15(20)11-4-6-18-14(13(11)17)19-7-5-9-2-3-10(16)8-12(9)19/h2-4,6,8H,5,7,17H2,1H3. The van der Waals surface area contributed by atoms with Crippen molar-refractivity contribution in [3.8, 4) is 0 Å². The lowest BCUT2D eigenvalue weighted by Crippen LogP contribution is -2.18. The lowest BCUT2D eigenvalue weighted by molar-refractivity contribution is 0.0602. The van der Waals surface area contributed by atoms with E-state index in [1.54, 1.807) is 6.07 Å². The molecule has 0 saturated heterocycles. The second kappa shape index (κ2) is 5.05. The average molecular weight is 287 g/mol. The van der Waals surface area contributed by atoms with Crippen molar-refractivity contribution in [2.75, 3.05) is 24.3 Å². The summed E-state index contributed by atoms with van der Waals surface area (Å²) in [5.41, 5.74) is 8.29. The predicted molar refractivity (Wildman–Crippen MR) is 77.1 cm³/mol. The number of pyridine rings is 1. The largest absolute Gasteiger partial charge is 0.465 e. The Labute approximate surface area is 121 Å². The van der Waals surface area contributed by atoms with Gasteiger partial charge < -0.3 is 15.4 Å². The fourth-order valence-corrected chi connectivity index (χ4v) is 2.54. The lowest BCUT2D eigenvalue weighted by Gasteiger charge is -2.21. The maximum Gasteiger partial charge on any atom is 0.340 e. The minimum atomic E-state index is -0.519.